The van der Waals surface area contributed by atoms with Crippen LogP contribution in [-0.4, -0.2) is 34.4 Å². The predicted octanol–water partition coefficient (Wildman–Crippen LogP) is 2.87. The molecule has 1 saturated heterocycles. The fourth-order valence-electron chi connectivity index (χ4n) is 1.56. The molecule has 4 heteroatoms. The molecule has 0 unspecified atom stereocenters. The summed E-state index contributed by atoms with van der Waals surface area (Å²) in [4.78, 5) is 2.30. The Labute approximate surface area is 96.4 Å². The molecule has 0 aromatic rings. The number of piperidine rings is 1. The van der Waals surface area contributed by atoms with E-state index in [1.165, 1.54) is 19.3 Å². The average Bonchev–Trinajstić information content (AvgIpc) is 2.19. The molecule has 0 spiro atoms. The van der Waals surface area contributed by atoms with Gasteiger partial charge in [0.1, 0.15) is 9.76 Å². The lowest BCUT2D eigenvalue weighted by Gasteiger charge is -2.29. The summed E-state index contributed by atoms with van der Waals surface area (Å²) in [6.45, 7) is 7.09. The predicted molar refractivity (Wildman–Crippen MR) is 66.7 cm³/mol. The summed E-state index contributed by atoms with van der Waals surface area (Å²) in [5.41, 5.74) is 0.189. The molecule has 1 aliphatic rings. The van der Waals surface area contributed by atoms with Crippen LogP contribution < -0.4 is 0 Å². The van der Waals surface area contributed by atoms with Crippen LogP contribution in [0.4, 0.5) is 0 Å². The van der Waals surface area contributed by atoms with Gasteiger partial charge in [-0.3, -0.25) is 0 Å². The van der Waals surface area contributed by atoms with Gasteiger partial charge in [-0.2, -0.15) is 0 Å². The van der Waals surface area contributed by atoms with Gasteiger partial charge in [0.15, 0.2) is 0 Å². The van der Waals surface area contributed by atoms with Gasteiger partial charge in [-0.25, -0.2) is 0 Å². The molecule has 1 heterocycles. The van der Waals surface area contributed by atoms with Crippen LogP contribution in [0.1, 0.15) is 33.1 Å². The van der Waals surface area contributed by atoms with Gasteiger partial charge in [0.25, 0.3) is 0 Å². The van der Waals surface area contributed by atoms with Crippen molar-refractivity contribution in [2.24, 2.45) is 0 Å². The summed E-state index contributed by atoms with van der Waals surface area (Å²) in [5.74, 6) is 0. The van der Waals surface area contributed by atoms with Crippen molar-refractivity contribution in [3.63, 3.8) is 0 Å². The lowest BCUT2D eigenvalue weighted by Crippen LogP contribution is -2.33. The standard InChI is InChI=1S/C10H19NOS2/c1-3-12-9(2)14-10(13)11-7-5-4-6-8-11/h9H,3-8H2,1-2H3/t9-/m0/s1. The second-order valence-corrected chi connectivity index (χ2v) is 5.39. The van der Waals surface area contributed by atoms with Crippen molar-refractivity contribution in [1.29, 1.82) is 0 Å². The second-order valence-electron chi connectivity index (χ2n) is 3.45. The molecule has 0 saturated carbocycles. The highest BCUT2D eigenvalue weighted by molar-refractivity contribution is 8.23. The molecule has 0 aromatic heterocycles. The smallest absolute Gasteiger partial charge is 0.138 e. The van der Waals surface area contributed by atoms with Crippen LogP contribution >= 0.6 is 24.0 Å². The van der Waals surface area contributed by atoms with Gasteiger partial charge >= 0.3 is 0 Å². The van der Waals surface area contributed by atoms with Crippen LogP contribution in [0, 0.1) is 0 Å². The first-order valence-electron chi connectivity index (χ1n) is 5.31. The Morgan fingerprint density at radius 2 is 2.07 bits per heavy atom. The quantitative estimate of drug-likeness (QED) is 0.548. The van der Waals surface area contributed by atoms with E-state index in [0.717, 1.165) is 24.0 Å². The van der Waals surface area contributed by atoms with Gasteiger partial charge in [-0.1, -0.05) is 24.0 Å². The number of ether oxygens (including phenoxy) is 1. The molecule has 2 nitrogen and oxygen atoms in total. The molecule has 0 bridgehead atoms. The lowest BCUT2D eigenvalue weighted by atomic mass is 10.1. The highest BCUT2D eigenvalue weighted by atomic mass is 32.2. The molecule has 1 aliphatic heterocycles. The van der Waals surface area contributed by atoms with E-state index in [9.17, 15) is 0 Å². The Hall–Kier alpha value is 0.200. The fourth-order valence-corrected chi connectivity index (χ4v) is 2.97. The summed E-state index contributed by atoms with van der Waals surface area (Å²) in [6.07, 6.45) is 3.91. The second kappa shape index (κ2) is 6.64. The van der Waals surface area contributed by atoms with Crippen LogP contribution in [0.5, 0.6) is 0 Å². The SMILES string of the molecule is CCO[C@H](C)SC(=S)N1CCCCC1. The van der Waals surface area contributed by atoms with Crippen molar-refractivity contribution in [3.8, 4) is 0 Å². The largest absolute Gasteiger partial charge is 0.368 e. The normalized spacial score (nSPS) is 19.4. The molecule has 0 radical (unpaired) electrons. The van der Waals surface area contributed by atoms with Gasteiger partial charge < -0.3 is 9.64 Å². The molecule has 0 N–H and O–H groups in total. The maximum absolute atomic E-state index is 5.45. The number of thiocarbonyl (C=S) groups is 1. The molecule has 14 heavy (non-hydrogen) atoms. The van der Waals surface area contributed by atoms with Crippen LogP contribution in [0.3, 0.4) is 0 Å². The first-order chi connectivity index (χ1) is 6.74. The zero-order valence-corrected chi connectivity index (χ0v) is 10.6. The summed E-state index contributed by atoms with van der Waals surface area (Å²) in [5, 5.41) is 0. The van der Waals surface area contributed by atoms with E-state index in [4.69, 9.17) is 17.0 Å². The zero-order chi connectivity index (χ0) is 10.4. The Morgan fingerprint density at radius 1 is 1.43 bits per heavy atom. The third-order valence-electron chi connectivity index (χ3n) is 2.28. The molecule has 0 amide bonds. The maximum atomic E-state index is 5.45. The molecule has 0 aromatic carbocycles. The number of rotatable bonds is 3. The number of hydrogen-bond donors (Lipinski definition) is 0. The first-order valence-corrected chi connectivity index (χ1v) is 6.60. The molecule has 1 atom stereocenters. The lowest BCUT2D eigenvalue weighted by molar-refractivity contribution is 0.138. The van der Waals surface area contributed by atoms with Gasteiger partial charge in [-0.05, 0) is 33.1 Å². The monoisotopic (exact) mass is 233 g/mol. The van der Waals surface area contributed by atoms with Crippen LogP contribution in [-0.2, 0) is 4.74 Å². The van der Waals surface area contributed by atoms with E-state index in [0.29, 0.717) is 0 Å². The Kier molecular flexibility index (Phi) is 5.82. The molecule has 0 aliphatic carbocycles. The number of hydrogen-bond acceptors (Lipinski definition) is 3. The van der Waals surface area contributed by atoms with Crippen molar-refractivity contribution in [3.05, 3.63) is 0 Å². The van der Waals surface area contributed by atoms with Crippen molar-refractivity contribution >= 4 is 28.3 Å². The van der Waals surface area contributed by atoms with E-state index in [-0.39, 0.29) is 5.44 Å². The van der Waals surface area contributed by atoms with Crippen LogP contribution in [0.2, 0.25) is 0 Å². The minimum absolute atomic E-state index is 0.189. The van der Waals surface area contributed by atoms with Gasteiger partial charge in [0, 0.05) is 19.7 Å². The Morgan fingerprint density at radius 3 is 2.64 bits per heavy atom. The van der Waals surface area contributed by atoms with E-state index in [1.54, 1.807) is 11.8 Å². The van der Waals surface area contributed by atoms with Gasteiger partial charge in [0.05, 0.1) is 0 Å². The number of thioether (sulfide) groups is 1. The molecular formula is C10H19NOS2. The van der Waals surface area contributed by atoms with E-state index >= 15 is 0 Å². The number of likely N-dealkylation sites (tertiary alicyclic amines) is 1. The maximum Gasteiger partial charge on any atom is 0.138 e. The van der Waals surface area contributed by atoms with Gasteiger partial charge in [-0.15, -0.1) is 0 Å². The average molecular weight is 233 g/mol. The molecule has 1 rings (SSSR count). The number of nitrogens with zero attached hydrogens (tertiary/aromatic N) is 1. The van der Waals surface area contributed by atoms with Crippen molar-refractivity contribution < 1.29 is 4.74 Å². The van der Waals surface area contributed by atoms with Crippen LogP contribution in [0.25, 0.3) is 0 Å². The van der Waals surface area contributed by atoms with Crippen molar-refractivity contribution in [1.82, 2.24) is 4.90 Å². The molecule has 1 fully saturated rings. The van der Waals surface area contributed by atoms with E-state index in [2.05, 4.69) is 11.8 Å². The van der Waals surface area contributed by atoms with Crippen molar-refractivity contribution in [2.75, 3.05) is 19.7 Å². The van der Waals surface area contributed by atoms with Crippen LogP contribution in [0.15, 0.2) is 0 Å². The topological polar surface area (TPSA) is 12.5 Å². The van der Waals surface area contributed by atoms with Gasteiger partial charge in [0.2, 0.25) is 0 Å². The third-order valence-corrected chi connectivity index (χ3v) is 3.76. The Bertz CT molecular complexity index is 181. The highest BCUT2D eigenvalue weighted by Crippen LogP contribution is 2.20. The van der Waals surface area contributed by atoms with E-state index < -0.39 is 0 Å². The minimum atomic E-state index is 0.189. The third kappa shape index (κ3) is 4.15. The molecule has 82 valence electrons. The summed E-state index contributed by atoms with van der Waals surface area (Å²) in [6, 6.07) is 0. The molecular weight excluding hydrogens is 214 g/mol. The minimum Gasteiger partial charge on any atom is -0.368 e. The summed E-state index contributed by atoms with van der Waals surface area (Å²) < 4.78 is 6.46. The first kappa shape index (κ1) is 12.3. The van der Waals surface area contributed by atoms with E-state index in [1.807, 2.05) is 6.92 Å². The summed E-state index contributed by atoms with van der Waals surface area (Å²) in [7, 11) is 0. The van der Waals surface area contributed by atoms with Crippen molar-refractivity contribution in [2.45, 2.75) is 38.5 Å². The fraction of sp³-hybridized carbons (Fsp3) is 0.900. The Balaban J connectivity index is 2.25. The summed E-state index contributed by atoms with van der Waals surface area (Å²) >= 11 is 7.04. The highest BCUT2D eigenvalue weighted by Gasteiger charge is 2.15. The zero-order valence-electron chi connectivity index (χ0n) is 8.99.